The SMILES string of the molecule is CC1CCC(NS(=O)(=O)c2ccc(-c3cc(C(F)(F)F)on3)s2)CC1. The van der Waals surface area contributed by atoms with Crippen LogP contribution >= 0.6 is 11.3 Å². The van der Waals surface area contributed by atoms with E-state index in [-0.39, 0.29) is 15.9 Å². The summed E-state index contributed by atoms with van der Waals surface area (Å²) in [4.78, 5) is 0.303. The highest BCUT2D eigenvalue weighted by Gasteiger charge is 2.36. The van der Waals surface area contributed by atoms with E-state index in [1.165, 1.54) is 12.1 Å². The first kappa shape index (κ1) is 18.4. The molecular formula is C15H17F3N2O3S2. The Morgan fingerprint density at radius 2 is 1.92 bits per heavy atom. The van der Waals surface area contributed by atoms with Gasteiger partial charge >= 0.3 is 6.18 Å². The van der Waals surface area contributed by atoms with E-state index in [1.54, 1.807) is 0 Å². The third-order valence-corrected chi connectivity index (χ3v) is 7.35. The Balaban J connectivity index is 1.75. The molecule has 2 heterocycles. The van der Waals surface area contributed by atoms with Crippen LogP contribution in [0.25, 0.3) is 10.6 Å². The summed E-state index contributed by atoms with van der Waals surface area (Å²) in [5.74, 6) is -0.612. The first-order valence-electron chi connectivity index (χ1n) is 7.81. The first-order valence-corrected chi connectivity index (χ1v) is 10.1. The Kier molecular flexibility index (Phi) is 4.95. The fourth-order valence-electron chi connectivity index (χ4n) is 2.78. The van der Waals surface area contributed by atoms with Crippen LogP contribution in [0.2, 0.25) is 0 Å². The number of nitrogens with zero attached hydrogens (tertiary/aromatic N) is 1. The fourth-order valence-corrected chi connectivity index (χ4v) is 5.36. The summed E-state index contributed by atoms with van der Waals surface area (Å²) in [6.07, 6.45) is -1.10. The zero-order valence-corrected chi connectivity index (χ0v) is 15.0. The molecule has 2 aromatic heterocycles. The van der Waals surface area contributed by atoms with Crippen LogP contribution in [0.5, 0.6) is 0 Å². The van der Waals surface area contributed by atoms with Crippen LogP contribution in [0.1, 0.15) is 38.4 Å². The van der Waals surface area contributed by atoms with E-state index in [1.807, 2.05) is 0 Å². The van der Waals surface area contributed by atoms with E-state index in [2.05, 4.69) is 21.3 Å². The number of hydrogen-bond donors (Lipinski definition) is 1. The average molecular weight is 394 g/mol. The first-order chi connectivity index (χ1) is 11.6. The van der Waals surface area contributed by atoms with Gasteiger partial charge in [-0.1, -0.05) is 12.1 Å². The lowest BCUT2D eigenvalue weighted by Gasteiger charge is -2.26. The van der Waals surface area contributed by atoms with Gasteiger partial charge in [0.1, 0.15) is 9.90 Å². The molecule has 10 heteroatoms. The molecule has 0 amide bonds. The third kappa shape index (κ3) is 4.24. The number of aromatic nitrogens is 1. The number of rotatable bonds is 4. The molecule has 0 bridgehead atoms. The maximum absolute atomic E-state index is 12.6. The van der Waals surface area contributed by atoms with Gasteiger partial charge < -0.3 is 4.52 Å². The second-order valence-electron chi connectivity index (χ2n) is 6.27. The zero-order valence-electron chi connectivity index (χ0n) is 13.3. The molecule has 2 aromatic rings. The van der Waals surface area contributed by atoms with E-state index in [0.29, 0.717) is 10.8 Å². The third-order valence-electron chi connectivity index (χ3n) is 4.23. The van der Waals surface area contributed by atoms with Crippen molar-refractivity contribution in [3.63, 3.8) is 0 Å². The van der Waals surface area contributed by atoms with Crippen molar-refractivity contribution < 1.29 is 26.1 Å². The Morgan fingerprint density at radius 1 is 1.24 bits per heavy atom. The van der Waals surface area contributed by atoms with Gasteiger partial charge in [-0.2, -0.15) is 13.2 Å². The van der Waals surface area contributed by atoms with Crippen LogP contribution in [-0.4, -0.2) is 19.6 Å². The van der Waals surface area contributed by atoms with Gasteiger partial charge in [-0.05, 0) is 43.7 Å². The monoisotopic (exact) mass is 394 g/mol. The highest BCUT2D eigenvalue weighted by molar-refractivity contribution is 7.91. The van der Waals surface area contributed by atoms with Crippen LogP contribution < -0.4 is 4.72 Å². The molecule has 0 saturated heterocycles. The number of nitrogens with one attached hydrogen (secondary N) is 1. The van der Waals surface area contributed by atoms with Crippen molar-refractivity contribution in [1.82, 2.24) is 9.88 Å². The number of thiophene rings is 1. The van der Waals surface area contributed by atoms with E-state index < -0.39 is 22.0 Å². The van der Waals surface area contributed by atoms with Gasteiger partial charge in [-0.25, -0.2) is 13.1 Å². The van der Waals surface area contributed by atoms with E-state index in [9.17, 15) is 21.6 Å². The topological polar surface area (TPSA) is 72.2 Å². The molecule has 1 N–H and O–H groups in total. The predicted octanol–water partition coefficient (Wildman–Crippen LogP) is 4.28. The zero-order chi connectivity index (χ0) is 18.2. The van der Waals surface area contributed by atoms with Crippen molar-refractivity contribution in [2.45, 2.75) is 49.0 Å². The molecule has 138 valence electrons. The number of hydrogen-bond acceptors (Lipinski definition) is 5. The Morgan fingerprint density at radius 3 is 2.52 bits per heavy atom. The predicted molar refractivity (Wildman–Crippen MR) is 86.6 cm³/mol. The molecule has 0 unspecified atom stereocenters. The summed E-state index contributed by atoms with van der Waals surface area (Å²) in [5, 5.41) is 3.37. The molecule has 1 fully saturated rings. The molecule has 0 spiro atoms. The van der Waals surface area contributed by atoms with Crippen LogP contribution in [0.3, 0.4) is 0 Å². The van der Waals surface area contributed by atoms with Gasteiger partial charge in [0.05, 0.1) is 4.88 Å². The summed E-state index contributed by atoms with van der Waals surface area (Å²) in [5.41, 5.74) is -0.0368. The lowest BCUT2D eigenvalue weighted by atomic mass is 9.88. The van der Waals surface area contributed by atoms with Crippen molar-refractivity contribution in [2.24, 2.45) is 5.92 Å². The number of alkyl halides is 3. The molecule has 3 rings (SSSR count). The highest BCUT2D eigenvalue weighted by atomic mass is 32.2. The standard InChI is InChI=1S/C15H17F3N2O3S2/c1-9-2-4-10(5-3-9)20-25(21,22)14-7-6-12(24-14)11-8-13(23-19-11)15(16,17)18/h6-10,20H,2-5H2,1H3. The highest BCUT2D eigenvalue weighted by Crippen LogP contribution is 2.35. The van der Waals surface area contributed by atoms with Gasteiger partial charge in [-0.15, -0.1) is 11.3 Å². The number of sulfonamides is 1. The summed E-state index contributed by atoms with van der Waals surface area (Å²) < 4.78 is 69.6. The van der Waals surface area contributed by atoms with Crippen LogP contribution in [0.4, 0.5) is 13.2 Å². The van der Waals surface area contributed by atoms with E-state index >= 15 is 0 Å². The van der Waals surface area contributed by atoms with E-state index in [0.717, 1.165) is 43.1 Å². The fraction of sp³-hybridized carbons (Fsp3) is 0.533. The van der Waals surface area contributed by atoms with Crippen molar-refractivity contribution in [3.8, 4) is 10.6 Å². The maximum Gasteiger partial charge on any atom is 0.452 e. The lowest BCUT2D eigenvalue weighted by molar-refractivity contribution is -0.155. The lowest BCUT2D eigenvalue weighted by Crippen LogP contribution is -2.36. The molecule has 25 heavy (non-hydrogen) atoms. The summed E-state index contributed by atoms with van der Waals surface area (Å²) in [6, 6.07) is 3.46. The largest absolute Gasteiger partial charge is 0.452 e. The average Bonchev–Trinajstić information content (AvgIpc) is 3.17. The summed E-state index contributed by atoms with van der Waals surface area (Å²) in [7, 11) is -3.70. The van der Waals surface area contributed by atoms with Gasteiger partial charge in [-0.3, -0.25) is 0 Å². The van der Waals surface area contributed by atoms with Crippen molar-refractivity contribution in [3.05, 3.63) is 24.0 Å². The molecule has 0 aromatic carbocycles. The quantitative estimate of drug-likeness (QED) is 0.840. The molecule has 1 saturated carbocycles. The Labute approximate surface area is 147 Å². The van der Waals surface area contributed by atoms with Crippen LogP contribution in [0.15, 0.2) is 26.9 Å². The van der Waals surface area contributed by atoms with Gasteiger partial charge in [0.2, 0.25) is 15.8 Å². The van der Waals surface area contributed by atoms with Gasteiger partial charge in [0.25, 0.3) is 0 Å². The van der Waals surface area contributed by atoms with Crippen LogP contribution in [0, 0.1) is 5.92 Å². The molecule has 1 aliphatic rings. The molecule has 0 atom stereocenters. The van der Waals surface area contributed by atoms with Crippen molar-refractivity contribution in [2.75, 3.05) is 0 Å². The summed E-state index contributed by atoms with van der Waals surface area (Å²) >= 11 is 0.866. The van der Waals surface area contributed by atoms with E-state index in [4.69, 9.17) is 0 Å². The second kappa shape index (κ2) is 6.73. The molecule has 5 nitrogen and oxygen atoms in total. The molecular weight excluding hydrogens is 377 g/mol. The smallest absolute Gasteiger partial charge is 0.351 e. The van der Waals surface area contributed by atoms with Gasteiger partial charge in [0.15, 0.2) is 0 Å². The van der Waals surface area contributed by atoms with Crippen molar-refractivity contribution >= 4 is 21.4 Å². The minimum atomic E-state index is -4.63. The Bertz CT molecular complexity index is 834. The minimum Gasteiger partial charge on any atom is -0.351 e. The molecule has 0 radical (unpaired) electrons. The summed E-state index contributed by atoms with van der Waals surface area (Å²) in [6.45, 7) is 2.14. The van der Waals surface area contributed by atoms with Crippen molar-refractivity contribution in [1.29, 1.82) is 0 Å². The maximum atomic E-state index is 12.6. The van der Waals surface area contributed by atoms with Crippen LogP contribution in [-0.2, 0) is 16.2 Å². The van der Waals surface area contributed by atoms with Gasteiger partial charge in [0, 0.05) is 12.1 Å². The Hall–Kier alpha value is -1.39. The molecule has 1 aliphatic carbocycles. The number of halogens is 3. The molecule has 0 aliphatic heterocycles. The normalized spacial score (nSPS) is 22.2. The minimum absolute atomic E-state index is 0.0368. The second-order valence-corrected chi connectivity index (χ2v) is 9.30.